The van der Waals surface area contributed by atoms with Gasteiger partial charge in [-0.25, -0.2) is 0 Å². The Morgan fingerprint density at radius 2 is 1.85 bits per heavy atom. The molecule has 0 fully saturated rings. The second kappa shape index (κ2) is 5.04. The molecule has 0 bridgehead atoms. The van der Waals surface area contributed by atoms with Gasteiger partial charge in [-0.15, -0.1) is 0 Å². The summed E-state index contributed by atoms with van der Waals surface area (Å²) in [7, 11) is 0. The van der Waals surface area contributed by atoms with Crippen LogP contribution in [0.2, 0.25) is 10.0 Å². The van der Waals surface area contributed by atoms with Crippen LogP contribution in [0, 0.1) is 0 Å². The number of amides is 1. The average Bonchev–Trinajstić information content (AvgIpc) is 2.63. The number of hydrogen-bond acceptors (Lipinski definition) is 2. The minimum atomic E-state index is -1.07. The lowest BCUT2D eigenvalue weighted by atomic mass is 10.1. The quantitative estimate of drug-likeness (QED) is 0.805. The molecule has 1 N–H and O–H groups in total. The van der Waals surface area contributed by atoms with Gasteiger partial charge in [-0.3, -0.25) is 9.69 Å². The molecule has 1 unspecified atom stereocenters. The second-order valence-corrected chi connectivity index (χ2v) is 6.11. The molecule has 0 aliphatic carbocycles. The molecule has 0 saturated heterocycles. The Hall–Kier alpha value is -1.07. The average molecular weight is 373 g/mol. The van der Waals surface area contributed by atoms with Gasteiger partial charge in [0.05, 0.1) is 10.0 Å². The highest BCUT2D eigenvalue weighted by Crippen LogP contribution is 2.39. The molecule has 6 heteroatoms. The van der Waals surface area contributed by atoms with E-state index in [4.69, 9.17) is 23.2 Å². The maximum atomic E-state index is 12.4. The van der Waals surface area contributed by atoms with Crippen LogP contribution in [0.3, 0.4) is 0 Å². The van der Waals surface area contributed by atoms with Crippen LogP contribution in [0.1, 0.15) is 22.1 Å². The topological polar surface area (TPSA) is 40.5 Å². The molecule has 1 heterocycles. The van der Waals surface area contributed by atoms with Crippen LogP contribution in [0.25, 0.3) is 0 Å². The Bertz CT molecular complexity index is 720. The Kier molecular flexibility index (Phi) is 3.50. The number of fused-ring (bicyclic) bond motifs is 1. The Morgan fingerprint density at radius 3 is 2.55 bits per heavy atom. The summed E-state index contributed by atoms with van der Waals surface area (Å²) < 4.78 is 0.821. The zero-order valence-electron chi connectivity index (χ0n) is 9.98. The van der Waals surface area contributed by atoms with E-state index in [1.54, 1.807) is 18.2 Å². The smallest absolute Gasteiger partial charge is 0.261 e. The van der Waals surface area contributed by atoms with Crippen LogP contribution in [-0.4, -0.2) is 11.0 Å². The van der Waals surface area contributed by atoms with Crippen LogP contribution in [0.5, 0.6) is 0 Å². The summed E-state index contributed by atoms with van der Waals surface area (Å²) in [5.41, 5.74) is 1.43. The zero-order chi connectivity index (χ0) is 14.4. The van der Waals surface area contributed by atoms with E-state index >= 15 is 0 Å². The second-order valence-electron chi connectivity index (χ2n) is 4.38. The SMILES string of the molecule is O=C1c2cc(Cl)c(Cl)cc2C(O)N1c1cccc(Br)c1. The van der Waals surface area contributed by atoms with Gasteiger partial charge in [0.25, 0.3) is 5.91 Å². The monoisotopic (exact) mass is 371 g/mol. The molecule has 2 aromatic carbocycles. The molecule has 0 saturated carbocycles. The summed E-state index contributed by atoms with van der Waals surface area (Å²) in [6.45, 7) is 0. The van der Waals surface area contributed by atoms with Crippen LogP contribution >= 0.6 is 39.1 Å². The van der Waals surface area contributed by atoms with Crippen molar-refractivity contribution in [3.8, 4) is 0 Å². The van der Waals surface area contributed by atoms with Gasteiger partial charge in [-0.05, 0) is 30.3 Å². The summed E-state index contributed by atoms with van der Waals surface area (Å²) in [5.74, 6) is -0.302. The third-order valence-electron chi connectivity index (χ3n) is 3.15. The highest BCUT2D eigenvalue weighted by atomic mass is 79.9. The Morgan fingerprint density at radius 1 is 1.15 bits per heavy atom. The predicted octanol–water partition coefficient (Wildman–Crippen LogP) is 4.41. The molecule has 1 amide bonds. The lowest BCUT2D eigenvalue weighted by molar-refractivity contribution is 0.0935. The molecule has 2 aromatic rings. The third kappa shape index (κ3) is 2.13. The predicted molar refractivity (Wildman–Crippen MR) is 82.4 cm³/mol. The number of carbonyl (C=O) groups excluding carboxylic acids is 1. The molecule has 0 spiro atoms. The Balaban J connectivity index is 2.12. The zero-order valence-corrected chi connectivity index (χ0v) is 13.1. The summed E-state index contributed by atoms with van der Waals surface area (Å²) in [6, 6.07) is 10.2. The number of carbonyl (C=O) groups is 1. The molecule has 1 atom stereocenters. The fourth-order valence-electron chi connectivity index (χ4n) is 2.23. The number of benzene rings is 2. The molecular formula is C14H8BrCl2NO2. The number of rotatable bonds is 1. The van der Waals surface area contributed by atoms with Gasteiger partial charge in [-0.1, -0.05) is 45.2 Å². The van der Waals surface area contributed by atoms with Crippen molar-refractivity contribution in [1.82, 2.24) is 0 Å². The van der Waals surface area contributed by atoms with E-state index < -0.39 is 6.23 Å². The minimum absolute atomic E-state index is 0.294. The lowest BCUT2D eigenvalue weighted by Crippen LogP contribution is -2.27. The lowest BCUT2D eigenvalue weighted by Gasteiger charge is -2.21. The van der Waals surface area contributed by atoms with E-state index in [1.165, 1.54) is 17.0 Å². The molecule has 3 rings (SSSR count). The van der Waals surface area contributed by atoms with E-state index in [-0.39, 0.29) is 5.91 Å². The first-order chi connectivity index (χ1) is 9.49. The molecule has 1 aliphatic rings. The van der Waals surface area contributed by atoms with E-state index in [1.807, 2.05) is 6.07 Å². The van der Waals surface area contributed by atoms with Gasteiger partial charge in [0.2, 0.25) is 0 Å². The molecule has 20 heavy (non-hydrogen) atoms. The van der Waals surface area contributed by atoms with Crippen LogP contribution in [0.15, 0.2) is 40.9 Å². The van der Waals surface area contributed by atoms with Crippen molar-refractivity contribution in [3.63, 3.8) is 0 Å². The number of anilines is 1. The van der Waals surface area contributed by atoms with Gasteiger partial charge in [0.15, 0.2) is 6.23 Å². The number of halogens is 3. The molecule has 1 aliphatic heterocycles. The van der Waals surface area contributed by atoms with Crippen molar-refractivity contribution in [3.05, 3.63) is 62.0 Å². The first-order valence-electron chi connectivity index (χ1n) is 5.75. The molecule has 3 nitrogen and oxygen atoms in total. The largest absolute Gasteiger partial charge is 0.369 e. The summed E-state index contributed by atoms with van der Waals surface area (Å²) in [6.07, 6.45) is -1.07. The fourth-order valence-corrected chi connectivity index (χ4v) is 2.95. The van der Waals surface area contributed by atoms with Crippen molar-refractivity contribution in [1.29, 1.82) is 0 Å². The summed E-state index contributed by atoms with van der Waals surface area (Å²) in [5, 5.41) is 11.0. The van der Waals surface area contributed by atoms with Crippen molar-refractivity contribution >= 4 is 50.7 Å². The molecule has 102 valence electrons. The van der Waals surface area contributed by atoms with Gasteiger partial charge in [0.1, 0.15) is 0 Å². The molecule has 0 aromatic heterocycles. The summed E-state index contributed by atoms with van der Waals surface area (Å²) in [4.78, 5) is 13.7. The molecule has 0 radical (unpaired) electrons. The fraction of sp³-hybridized carbons (Fsp3) is 0.0714. The summed E-state index contributed by atoms with van der Waals surface area (Å²) >= 11 is 15.2. The normalized spacial score (nSPS) is 17.5. The molecular weight excluding hydrogens is 365 g/mol. The maximum absolute atomic E-state index is 12.4. The van der Waals surface area contributed by atoms with Crippen molar-refractivity contribution < 1.29 is 9.90 Å². The van der Waals surface area contributed by atoms with E-state index in [9.17, 15) is 9.90 Å². The van der Waals surface area contributed by atoms with Crippen LogP contribution in [-0.2, 0) is 0 Å². The van der Waals surface area contributed by atoms with Crippen LogP contribution < -0.4 is 4.90 Å². The van der Waals surface area contributed by atoms with E-state index in [0.29, 0.717) is 26.9 Å². The van der Waals surface area contributed by atoms with Crippen LogP contribution in [0.4, 0.5) is 5.69 Å². The number of aliphatic hydroxyl groups excluding tert-OH is 1. The highest BCUT2D eigenvalue weighted by molar-refractivity contribution is 9.10. The number of nitrogens with zero attached hydrogens (tertiary/aromatic N) is 1. The van der Waals surface area contributed by atoms with Crippen molar-refractivity contribution in [2.75, 3.05) is 4.90 Å². The van der Waals surface area contributed by atoms with E-state index in [2.05, 4.69) is 15.9 Å². The maximum Gasteiger partial charge on any atom is 0.261 e. The van der Waals surface area contributed by atoms with Crippen molar-refractivity contribution in [2.45, 2.75) is 6.23 Å². The highest BCUT2D eigenvalue weighted by Gasteiger charge is 2.37. The van der Waals surface area contributed by atoms with Gasteiger partial charge >= 0.3 is 0 Å². The van der Waals surface area contributed by atoms with Gasteiger partial charge in [-0.2, -0.15) is 0 Å². The number of hydrogen-bond donors (Lipinski definition) is 1. The van der Waals surface area contributed by atoms with Crippen molar-refractivity contribution in [2.24, 2.45) is 0 Å². The Labute approximate surface area is 133 Å². The first kappa shape index (κ1) is 13.9. The standard InChI is InChI=1S/C14H8BrCl2NO2/c15-7-2-1-3-8(4-7)18-13(19)9-5-11(16)12(17)6-10(9)14(18)20/h1-6,13,19H. The van der Waals surface area contributed by atoms with Gasteiger partial charge in [0, 0.05) is 21.3 Å². The van der Waals surface area contributed by atoms with E-state index in [0.717, 1.165) is 4.47 Å². The first-order valence-corrected chi connectivity index (χ1v) is 7.30. The number of aliphatic hydroxyl groups is 1. The third-order valence-corrected chi connectivity index (χ3v) is 4.37. The minimum Gasteiger partial charge on any atom is -0.369 e. The van der Waals surface area contributed by atoms with Gasteiger partial charge < -0.3 is 5.11 Å².